The van der Waals surface area contributed by atoms with Crippen LogP contribution >= 0.6 is 11.3 Å². The van der Waals surface area contributed by atoms with Crippen molar-refractivity contribution in [2.75, 3.05) is 19.8 Å². The first-order chi connectivity index (χ1) is 16.0. The maximum atomic E-state index is 11.5. The van der Waals surface area contributed by atoms with Crippen molar-refractivity contribution in [2.24, 2.45) is 0 Å². The summed E-state index contributed by atoms with van der Waals surface area (Å²) < 4.78 is 9.32. The number of nitrogens with one attached hydrogen (secondary N) is 1. The Labute approximate surface area is 193 Å². The van der Waals surface area contributed by atoms with Gasteiger partial charge < -0.3 is 14.8 Å². The molecule has 3 aromatic rings. The van der Waals surface area contributed by atoms with Crippen molar-refractivity contribution in [1.82, 2.24) is 25.5 Å². The molecule has 1 N–H and O–H groups in total. The largest absolute Gasteiger partial charge is 0.461 e. The molecule has 12 heteroatoms. The lowest BCUT2D eigenvalue weighted by molar-refractivity contribution is -0.153. The van der Waals surface area contributed by atoms with Crippen LogP contribution in [0.3, 0.4) is 0 Å². The van der Waals surface area contributed by atoms with E-state index in [-0.39, 0.29) is 18.2 Å². The van der Waals surface area contributed by atoms with Crippen LogP contribution in [0.4, 0.5) is 0 Å². The molecule has 0 saturated heterocycles. The molecule has 1 amide bonds. The molecule has 11 nitrogen and oxygen atoms in total. The normalized spacial score (nSPS) is 9.76. The Morgan fingerprint density at radius 1 is 0.939 bits per heavy atom. The number of esters is 2. The first-order valence-corrected chi connectivity index (χ1v) is 10.6. The van der Waals surface area contributed by atoms with Gasteiger partial charge in [-0.05, 0) is 38.1 Å². The standard InChI is InChI=1S/C11H12N2O4.C10H9N3O2S/c1-2-17-11(16)9(14)7-13-10(15)8-4-3-5-12-6-8;1-2-15-10(14)9-13-12-8(16-9)7-4-3-5-11-6-7/h3-6H,2,7H2,1H3,(H,13,15);3-6H,2H2,1H3. The summed E-state index contributed by atoms with van der Waals surface area (Å²) in [6.45, 7) is 3.43. The second-order valence-electron chi connectivity index (χ2n) is 5.94. The van der Waals surface area contributed by atoms with Crippen LogP contribution < -0.4 is 5.32 Å². The molecular formula is C21H21N5O6S. The molecule has 3 aromatic heterocycles. The number of ether oxygens (including phenoxy) is 2. The van der Waals surface area contributed by atoms with Crippen molar-refractivity contribution in [3.63, 3.8) is 0 Å². The monoisotopic (exact) mass is 471 g/mol. The summed E-state index contributed by atoms with van der Waals surface area (Å²) in [7, 11) is 0. The SMILES string of the molecule is CCOC(=O)C(=O)CNC(=O)c1cccnc1.CCOC(=O)c1nnc(-c2cccnc2)s1. The molecule has 3 heterocycles. The van der Waals surface area contributed by atoms with Gasteiger partial charge in [0.1, 0.15) is 5.01 Å². The van der Waals surface area contributed by atoms with Crippen molar-refractivity contribution in [3.8, 4) is 10.6 Å². The fraction of sp³-hybridized carbons (Fsp3) is 0.238. The number of hydrogen-bond acceptors (Lipinski definition) is 11. The number of ketones is 1. The van der Waals surface area contributed by atoms with Gasteiger partial charge in [0.05, 0.1) is 25.3 Å². The average molecular weight is 471 g/mol. The number of nitrogens with zero attached hydrogens (tertiary/aromatic N) is 4. The number of amides is 1. The Morgan fingerprint density at radius 3 is 2.24 bits per heavy atom. The summed E-state index contributed by atoms with van der Waals surface area (Å²) in [5.41, 5.74) is 1.17. The van der Waals surface area contributed by atoms with Gasteiger partial charge in [-0.2, -0.15) is 0 Å². The number of carbonyl (C=O) groups is 4. The summed E-state index contributed by atoms with van der Waals surface area (Å²) >= 11 is 1.20. The molecule has 0 aliphatic carbocycles. The molecule has 3 rings (SSSR count). The molecule has 0 aromatic carbocycles. The number of hydrogen-bond donors (Lipinski definition) is 1. The molecule has 172 valence electrons. The van der Waals surface area contributed by atoms with E-state index in [9.17, 15) is 19.2 Å². The van der Waals surface area contributed by atoms with E-state index in [1.807, 2.05) is 6.07 Å². The number of Topliss-reactive ketones (excluding diaryl/α,β-unsaturated/α-hetero) is 1. The fourth-order valence-corrected chi connectivity index (χ4v) is 2.88. The minimum atomic E-state index is -0.945. The second-order valence-corrected chi connectivity index (χ2v) is 6.92. The highest BCUT2D eigenvalue weighted by molar-refractivity contribution is 7.16. The minimum absolute atomic E-state index is 0.126. The average Bonchev–Trinajstić information content (AvgIpc) is 3.35. The summed E-state index contributed by atoms with van der Waals surface area (Å²) in [6.07, 6.45) is 6.25. The van der Waals surface area contributed by atoms with Crippen LogP contribution in [0.25, 0.3) is 10.6 Å². The Kier molecular flexibility index (Phi) is 10.2. The molecule has 0 spiro atoms. The zero-order valence-corrected chi connectivity index (χ0v) is 18.7. The van der Waals surface area contributed by atoms with Crippen LogP contribution in [0.2, 0.25) is 0 Å². The van der Waals surface area contributed by atoms with Crippen molar-refractivity contribution in [1.29, 1.82) is 0 Å². The lowest BCUT2D eigenvalue weighted by Gasteiger charge is -2.03. The maximum absolute atomic E-state index is 11.5. The van der Waals surface area contributed by atoms with Crippen LogP contribution in [0, 0.1) is 0 Å². The van der Waals surface area contributed by atoms with Gasteiger partial charge in [0.15, 0.2) is 0 Å². The predicted octanol–water partition coefficient (Wildman–Crippen LogP) is 1.72. The zero-order valence-electron chi connectivity index (χ0n) is 17.9. The van der Waals surface area contributed by atoms with E-state index in [2.05, 4.69) is 30.2 Å². The van der Waals surface area contributed by atoms with Gasteiger partial charge in [-0.3, -0.25) is 19.6 Å². The van der Waals surface area contributed by atoms with E-state index >= 15 is 0 Å². The predicted molar refractivity (Wildman–Crippen MR) is 117 cm³/mol. The highest BCUT2D eigenvalue weighted by atomic mass is 32.1. The molecule has 0 aliphatic rings. The van der Waals surface area contributed by atoms with Crippen molar-refractivity contribution >= 4 is 35.0 Å². The van der Waals surface area contributed by atoms with Crippen molar-refractivity contribution in [3.05, 3.63) is 59.6 Å². The Balaban J connectivity index is 0.000000234. The Bertz CT molecular complexity index is 1080. The highest BCUT2D eigenvalue weighted by Crippen LogP contribution is 2.22. The van der Waals surface area contributed by atoms with Gasteiger partial charge in [-0.25, -0.2) is 9.59 Å². The van der Waals surface area contributed by atoms with E-state index < -0.39 is 23.6 Å². The molecule has 0 aliphatic heterocycles. The zero-order chi connectivity index (χ0) is 24.1. The summed E-state index contributed by atoms with van der Waals surface area (Å²) in [5, 5.41) is 10.9. The smallest absolute Gasteiger partial charge is 0.376 e. The summed E-state index contributed by atoms with van der Waals surface area (Å²) in [6, 6.07) is 6.82. The van der Waals surface area contributed by atoms with Gasteiger partial charge >= 0.3 is 11.9 Å². The first-order valence-electron chi connectivity index (χ1n) is 9.75. The van der Waals surface area contributed by atoms with Gasteiger partial charge in [0, 0.05) is 30.4 Å². The molecular weight excluding hydrogens is 450 g/mol. The van der Waals surface area contributed by atoms with Crippen LogP contribution in [-0.4, -0.2) is 63.6 Å². The van der Waals surface area contributed by atoms with Crippen molar-refractivity contribution in [2.45, 2.75) is 13.8 Å². The molecule has 0 unspecified atom stereocenters. The molecule has 33 heavy (non-hydrogen) atoms. The first kappa shape index (κ1) is 25.2. The number of pyridine rings is 2. The van der Waals surface area contributed by atoms with E-state index in [4.69, 9.17) is 4.74 Å². The third kappa shape index (κ3) is 8.18. The Hall–Kier alpha value is -4.06. The van der Waals surface area contributed by atoms with Gasteiger partial charge in [0.25, 0.3) is 11.7 Å². The second kappa shape index (κ2) is 13.4. The lowest BCUT2D eigenvalue weighted by atomic mass is 10.2. The van der Waals surface area contributed by atoms with Crippen LogP contribution in [0.1, 0.15) is 34.0 Å². The Morgan fingerprint density at radius 2 is 1.64 bits per heavy atom. The minimum Gasteiger partial charge on any atom is -0.461 e. The quantitative estimate of drug-likeness (QED) is 0.380. The highest BCUT2D eigenvalue weighted by Gasteiger charge is 2.16. The number of carbonyl (C=O) groups excluding carboxylic acids is 4. The van der Waals surface area contributed by atoms with E-state index in [0.29, 0.717) is 17.2 Å². The van der Waals surface area contributed by atoms with Gasteiger partial charge in [0.2, 0.25) is 5.01 Å². The van der Waals surface area contributed by atoms with Crippen LogP contribution in [0.15, 0.2) is 49.1 Å². The van der Waals surface area contributed by atoms with E-state index in [0.717, 1.165) is 5.56 Å². The van der Waals surface area contributed by atoms with E-state index in [1.165, 1.54) is 23.7 Å². The van der Waals surface area contributed by atoms with E-state index in [1.54, 1.807) is 44.4 Å². The summed E-state index contributed by atoms with van der Waals surface area (Å²) in [5.74, 6) is -2.63. The molecule has 0 saturated carbocycles. The third-order valence-corrected chi connectivity index (χ3v) is 4.57. The third-order valence-electron chi connectivity index (χ3n) is 3.62. The van der Waals surface area contributed by atoms with Crippen molar-refractivity contribution < 1.29 is 28.7 Å². The topological polar surface area (TPSA) is 150 Å². The molecule has 0 atom stereocenters. The van der Waals surface area contributed by atoms with Gasteiger partial charge in [-0.15, -0.1) is 10.2 Å². The fourth-order valence-electron chi connectivity index (χ4n) is 2.15. The van der Waals surface area contributed by atoms with Crippen LogP contribution in [0.5, 0.6) is 0 Å². The maximum Gasteiger partial charge on any atom is 0.376 e. The summed E-state index contributed by atoms with van der Waals surface area (Å²) in [4.78, 5) is 52.7. The molecule has 0 fully saturated rings. The van der Waals surface area contributed by atoms with Crippen LogP contribution in [-0.2, 0) is 19.1 Å². The molecule has 0 radical (unpaired) electrons. The lowest BCUT2D eigenvalue weighted by Crippen LogP contribution is -2.34. The van der Waals surface area contributed by atoms with Gasteiger partial charge in [-0.1, -0.05) is 11.3 Å². The number of aromatic nitrogens is 4. The molecule has 0 bridgehead atoms. The number of rotatable bonds is 8.